The van der Waals surface area contributed by atoms with Crippen LogP contribution < -0.4 is 4.90 Å². The van der Waals surface area contributed by atoms with E-state index in [0.717, 1.165) is 66.5 Å². The number of anilines is 3. The average molecular weight is 677 g/mol. The lowest BCUT2D eigenvalue weighted by Crippen LogP contribution is -2.09. The van der Waals surface area contributed by atoms with Crippen LogP contribution in [0.3, 0.4) is 0 Å². The second-order valence-corrected chi connectivity index (χ2v) is 13.7. The van der Waals surface area contributed by atoms with Crippen molar-refractivity contribution in [1.29, 1.82) is 0 Å². The van der Waals surface area contributed by atoms with Gasteiger partial charge in [-0.3, -0.25) is 0 Å². The maximum absolute atomic E-state index is 6.80. The first-order valence-corrected chi connectivity index (χ1v) is 18.1. The van der Waals surface area contributed by atoms with Crippen LogP contribution in [-0.4, -0.2) is 4.57 Å². The Kier molecular flexibility index (Phi) is 6.55. The molecule has 0 radical (unpaired) electrons. The van der Waals surface area contributed by atoms with Gasteiger partial charge in [0, 0.05) is 44.5 Å². The van der Waals surface area contributed by atoms with E-state index in [2.05, 4.69) is 204 Å². The molecule has 11 rings (SSSR count). The smallest absolute Gasteiger partial charge is 0.145 e. The third-order valence-electron chi connectivity index (χ3n) is 10.7. The number of aromatic nitrogens is 1. The van der Waals surface area contributed by atoms with Crippen LogP contribution in [0.15, 0.2) is 199 Å². The molecule has 0 aliphatic heterocycles. The molecule has 3 nitrogen and oxygen atoms in total. The zero-order valence-electron chi connectivity index (χ0n) is 28.8. The van der Waals surface area contributed by atoms with Crippen molar-refractivity contribution in [3.05, 3.63) is 194 Å². The zero-order valence-corrected chi connectivity index (χ0v) is 28.8. The minimum atomic E-state index is 0.896. The molecule has 2 heterocycles. The third kappa shape index (κ3) is 4.54. The van der Waals surface area contributed by atoms with E-state index in [9.17, 15) is 0 Å². The highest BCUT2D eigenvalue weighted by Gasteiger charge is 2.24. The maximum atomic E-state index is 6.80. The van der Waals surface area contributed by atoms with Gasteiger partial charge in [0.1, 0.15) is 11.2 Å². The highest BCUT2D eigenvalue weighted by Crippen LogP contribution is 2.47. The molecule has 0 atom stereocenters. The van der Waals surface area contributed by atoms with Crippen LogP contribution in [0.25, 0.3) is 82.1 Å². The lowest BCUT2D eigenvalue weighted by molar-refractivity contribution is 0.673. The van der Waals surface area contributed by atoms with Crippen molar-refractivity contribution in [2.24, 2.45) is 0 Å². The standard InChI is InChI=1S/C50H32N2O/c1-3-16-34(17-4-1)51(35-18-5-2-6-19-35)36-27-29-37(30-28-36)52-46-25-13-11-24-42(46)48-49(52)44(32-45-41-23-12-14-26-47(41)53-50(45)48)43-31-33-15-7-8-20-38(33)39-21-9-10-22-40(39)43/h1-32H. The molecule has 248 valence electrons. The van der Waals surface area contributed by atoms with Gasteiger partial charge < -0.3 is 13.9 Å². The molecule has 0 N–H and O–H groups in total. The quantitative estimate of drug-likeness (QED) is 0.169. The van der Waals surface area contributed by atoms with Crippen molar-refractivity contribution < 1.29 is 4.42 Å². The molecule has 9 aromatic carbocycles. The van der Waals surface area contributed by atoms with E-state index >= 15 is 0 Å². The third-order valence-corrected chi connectivity index (χ3v) is 10.7. The molecule has 0 unspecified atom stereocenters. The molecule has 0 aliphatic rings. The van der Waals surface area contributed by atoms with E-state index in [1.807, 2.05) is 0 Å². The molecular formula is C50H32N2O. The second-order valence-electron chi connectivity index (χ2n) is 13.7. The van der Waals surface area contributed by atoms with Crippen molar-refractivity contribution in [1.82, 2.24) is 4.57 Å². The number of furan rings is 1. The first kappa shape index (κ1) is 29.6. The summed E-state index contributed by atoms with van der Waals surface area (Å²) in [7, 11) is 0. The minimum absolute atomic E-state index is 0.896. The number of fused-ring (bicyclic) bond motifs is 10. The van der Waals surface area contributed by atoms with Gasteiger partial charge in [-0.05, 0) is 99.9 Å². The predicted molar refractivity (Wildman–Crippen MR) is 223 cm³/mol. The van der Waals surface area contributed by atoms with Gasteiger partial charge in [0.25, 0.3) is 0 Å². The number of rotatable bonds is 5. The van der Waals surface area contributed by atoms with E-state index in [-0.39, 0.29) is 0 Å². The largest absolute Gasteiger partial charge is 0.455 e. The van der Waals surface area contributed by atoms with E-state index in [1.165, 1.54) is 32.7 Å². The topological polar surface area (TPSA) is 21.3 Å². The molecule has 0 saturated heterocycles. The summed E-state index contributed by atoms with van der Waals surface area (Å²) >= 11 is 0. The predicted octanol–water partition coefficient (Wildman–Crippen LogP) is 14.1. The highest BCUT2D eigenvalue weighted by molar-refractivity contribution is 6.29. The van der Waals surface area contributed by atoms with Crippen molar-refractivity contribution in [3.8, 4) is 16.8 Å². The Morgan fingerprint density at radius 2 is 0.962 bits per heavy atom. The Morgan fingerprint density at radius 1 is 0.396 bits per heavy atom. The number of hydrogen-bond donors (Lipinski definition) is 0. The molecule has 0 bridgehead atoms. The van der Waals surface area contributed by atoms with Crippen LogP contribution in [0.1, 0.15) is 0 Å². The van der Waals surface area contributed by atoms with Gasteiger partial charge in [-0.1, -0.05) is 121 Å². The van der Waals surface area contributed by atoms with Gasteiger partial charge >= 0.3 is 0 Å². The van der Waals surface area contributed by atoms with Gasteiger partial charge in [-0.25, -0.2) is 0 Å². The monoisotopic (exact) mass is 676 g/mol. The Balaban J connectivity index is 1.24. The van der Waals surface area contributed by atoms with Gasteiger partial charge in [0.15, 0.2) is 0 Å². The number of nitrogens with zero attached hydrogens (tertiary/aromatic N) is 2. The molecule has 2 aromatic heterocycles. The second kappa shape index (κ2) is 11.7. The fraction of sp³-hybridized carbons (Fsp3) is 0. The van der Waals surface area contributed by atoms with Gasteiger partial charge in [-0.15, -0.1) is 0 Å². The first-order chi connectivity index (χ1) is 26.3. The number of benzene rings is 9. The lowest BCUT2D eigenvalue weighted by atomic mass is 9.91. The Bertz CT molecular complexity index is 3120. The summed E-state index contributed by atoms with van der Waals surface area (Å²) in [5.41, 5.74) is 10.9. The van der Waals surface area contributed by atoms with Gasteiger partial charge in [-0.2, -0.15) is 0 Å². The Labute approximate surface area is 306 Å². The van der Waals surface area contributed by atoms with Crippen molar-refractivity contribution in [2.45, 2.75) is 0 Å². The van der Waals surface area contributed by atoms with Crippen molar-refractivity contribution >= 4 is 82.4 Å². The van der Waals surface area contributed by atoms with Crippen molar-refractivity contribution in [3.63, 3.8) is 0 Å². The van der Waals surface area contributed by atoms with Crippen LogP contribution in [0, 0.1) is 0 Å². The van der Waals surface area contributed by atoms with Crippen molar-refractivity contribution in [2.75, 3.05) is 4.90 Å². The summed E-state index contributed by atoms with van der Waals surface area (Å²) in [6.07, 6.45) is 0. The molecule has 53 heavy (non-hydrogen) atoms. The maximum Gasteiger partial charge on any atom is 0.145 e. The summed E-state index contributed by atoms with van der Waals surface area (Å²) < 4.78 is 9.24. The molecule has 11 aromatic rings. The SMILES string of the molecule is c1ccc(N(c2ccccc2)c2ccc(-n3c4ccccc4c4c5oc6ccccc6c5cc(-c5cc6ccccc6c6ccccc56)c43)cc2)cc1. The molecule has 0 saturated carbocycles. The molecule has 0 amide bonds. The summed E-state index contributed by atoms with van der Waals surface area (Å²) in [5, 5.41) is 9.50. The van der Waals surface area contributed by atoms with Crippen LogP contribution in [-0.2, 0) is 0 Å². The number of para-hydroxylation sites is 4. The molecule has 0 aliphatic carbocycles. The Hall–Kier alpha value is -7.10. The number of hydrogen-bond acceptors (Lipinski definition) is 2. The molecule has 0 spiro atoms. The summed E-state index contributed by atoms with van der Waals surface area (Å²) in [6.45, 7) is 0. The fourth-order valence-electron chi connectivity index (χ4n) is 8.43. The van der Waals surface area contributed by atoms with Crippen LogP contribution in [0.4, 0.5) is 17.1 Å². The van der Waals surface area contributed by atoms with E-state index < -0.39 is 0 Å². The average Bonchev–Trinajstić information content (AvgIpc) is 3.78. The van der Waals surface area contributed by atoms with E-state index in [1.54, 1.807) is 0 Å². The summed E-state index contributed by atoms with van der Waals surface area (Å²) in [6, 6.07) is 69.6. The van der Waals surface area contributed by atoms with Gasteiger partial charge in [0.05, 0.1) is 16.4 Å². The van der Waals surface area contributed by atoms with Crippen LogP contribution >= 0.6 is 0 Å². The van der Waals surface area contributed by atoms with E-state index in [4.69, 9.17) is 4.42 Å². The fourth-order valence-corrected chi connectivity index (χ4v) is 8.43. The molecule has 0 fully saturated rings. The molecule has 3 heteroatoms. The zero-order chi connectivity index (χ0) is 34.9. The van der Waals surface area contributed by atoms with Gasteiger partial charge in [0.2, 0.25) is 0 Å². The summed E-state index contributed by atoms with van der Waals surface area (Å²) in [5.74, 6) is 0. The van der Waals surface area contributed by atoms with Crippen LogP contribution in [0.5, 0.6) is 0 Å². The Morgan fingerprint density at radius 3 is 1.70 bits per heavy atom. The lowest BCUT2D eigenvalue weighted by Gasteiger charge is -2.25. The summed E-state index contributed by atoms with van der Waals surface area (Å²) in [4.78, 5) is 2.31. The first-order valence-electron chi connectivity index (χ1n) is 18.1. The normalized spacial score (nSPS) is 11.8. The molecular weight excluding hydrogens is 645 g/mol. The van der Waals surface area contributed by atoms with Crippen LogP contribution in [0.2, 0.25) is 0 Å². The highest BCUT2D eigenvalue weighted by atomic mass is 16.3. The van der Waals surface area contributed by atoms with E-state index in [0.29, 0.717) is 0 Å². The minimum Gasteiger partial charge on any atom is -0.455 e.